The van der Waals surface area contributed by atoms with E-state index in [0.717, 1.165) is 19.4 Å². The topological polar surface area (TPSA) is 32.3 Å². The molecule has 1 heterocycles. The van der Waals surface area contributed by atoms with Crippen LogP contribution in [0.25, 0.3) is 0 Å². The van der Waals surface area contributed by atoms with Crippen LogP contribution in [0.1, 0.15) is 71.6 Å². The van der Waals surface area contributed by atoms with Crippen LogP contribution in [-0.2, 0) is 4.79 Å². The van der Waals surface area contributed by atoms with Crippen molar-refractivity contribution in [2.24, 2.45) is 11.3 Å². The fourth-order valence-corrected chi connectivity index (χ4v) is 3.94. The summed E-state index contributed by atoms with van der Waals surface area (Å²) in [4.78, 5) is 15.0. The first kappa shape index (κ1) is 14.4. The summed E-state index contributed by atoms with van der Waals surface area (Å²) in [6, 6.07) is 0.0999. The third-order valence-corrected chi connectivity index (χ3v) is 5.64. The Balaban J connectivity index is 1.69. The highest BCUT2D eigenvalue weighted by molar-refractivity contribution is 5.84. The number of nitrogens with one attached hydrogen (secondary N) is 1. The monoisotopic (exact) mass is 278 g/mol. The van der Waals surface area contributed by atoms with Crippen molar-refractivity contribution >= 4 is 5.91 Å². The van der Waals surface area contributed by atoms with E-state index in [1.807, 2.05) is 0 Å². The first-order valence-electron chi connectivity index (χ1n) is 8.69. The highest BCUT2D eigenvalue weighted by Crippen LogP contribution is 2.47. The number of unbranched alkanes of at least 4 members (excludes halogenated alkanes) is 1. The van der Waals surface area contributed by atoms with Crippen LogP contribution in [0.3, 0.4) is 0 Å². The normalized spacial score (nSPS) is 33.1. The second-order valence-corrected chi connectivity index (χ2v) is 7.63. The predicted molar refractivity (Wildman–Crippen MR) is 81.2 cm³/mol. The first-order chi connectivity index (χ1) is 9.63. The van der Waals surface area contributed by atoms with E-state index in [0.29, 0.717) is 23.4 Å². The zero-order chi connectivity index (χ0) is 14.2. The minimum absolute atomic E-state index is 0.0999. The maximum Gasteiger partial charge on any atom is 0.241 e. The van der Waals surface area contributed by atoms with Crippen molar-refractivity contribution < 1.29 is 4.79 Å². The quantitative estimate of drug-likeness (QED) is 0.808. The first-order valence-corrected chi connectivity index (χ1v) is 8.69. The fraction of sp³-hybridized carbons (Fsp3) is 0.941. The summed E-state index contributed by atoms with van der Waals surface area (Å²) in [6.07, 6.45) is 11.6. The van der Waals surface area contributed by atoms with E-state index in [1.165, 1.54) is 44.9 Å². The fourth-order valence-electron chi connectivity index (χ4n) is 3.94. The van der Waals surface area contributed by atoms with Gasteiger partial charge in [-0.05, 0) is 43.4 Å². The lowest BCUT2D eigenvalue weighted by molar-refractivity contribution is -0.131. The van der Waals surface area contributed by atoms with Crippen LogP contribution in [0, 0.1) is 11.3 Å². The molecule has 1 amide bonds. The van der Waals surface area contributed by atoms with Gasteiger partial charge >= 0.3 is 0 Å². The second kappa shape index (κ2) is 5.67. The molecule has 0 radical (unpaired) electrons. The van der Waals surface area contributed by atoms with Crippen LogP contribution in [0.2, 0.25) is 0 Å². The maximum atomic E-state index is 12.7. The number of hydrogen-bond acceptors (Lipinski definition) is 2. The van der Waals surface area contributed by atoms with Gasteiger partial charge < -0.3 is 4.90 Å². The highest BCUT2D eigenvalue weighted by atomic mass is 16.2. The molecule has 3 fully saturated rings. The Labute approximate surface area is 123 Å². The number of amides is 1. The van der Waals surface area contributed by atoms with Crippen LogP contribution in [0.15, 0.2) is 0 Å². The standard InChI is InChI=1S/C17H30N2O/c1-3-4-9-14-16(20)19(12-17(2)10-11-17)15(18-14)13-7-5-6-8-13/h13-15,18H,3-12H2,1-2H3. The molecule has 3 heteroatoms. The molecule has 2 aliphatic carbocycles. The lowest BCUT2D eigenvalue weighted by atomic mass is 10.0. The van der Waals surface area contributed by atoms with Gasteiger partial charge in [0.25, 0.3) is 0 Å². The van der Waals surface area contributed by atoms with E-state index in [2.05, 4.69) is 24.1 Å². The molecule has 0 aromatic carbocycles. The van der Waals surface area contributed by atoms with E-state index in [9.17, 15) is 4.79 Å². The Bertz CT molecular complexity index is 358. The Kier molecular flexibility index (Phi) is 4.07. The molecular formula is C17H30N2O. The number of hydrogen-bond donors (Lipinski definition) is 1. The largest absolute Gasteiger partial charge is 0.325 e. The molecule has 1 aliphatic heterocycles. The van der Waals surface area contributed by atoms with Crippen molar-refractivity contribution in [2.75, 3.05) is 6.54 Å². The zero-order valence-electron chi connectivity index (χ0n) is 13.2. The summed E-state index contributed by atoms with van der Waals surface area (Å²) in [5, 5.41) is 3.69. The van der Waals surface area contributed by atoms with Gasteiger partial charge in [0.05, 0.1) is 12.2 Å². The van der Waals surface area contributed by atoms with E-state index in [-0.39, 0.29) is 6.04 Å². The maximum absolute atomic E-state index is 12.7. The van der Waals surface area contributed by atoms with Crippen LogP contribution in [0.4, 0.5) is 0 Å². The van der Waals surface area contributed by atoms with Gasteiger partial charge in [0.2, 0.25) is 5.91 Å². The van der Waals surface area contributed by atoms with Crippen molar-refractivity contribution in [3.05, 3.63) is 0 Å². The van der Waals surface area contributed by atoms with E-state index >= 15 is 0 Å². The molecule has 2 unspecified atom stereocenters. The van der Waals surface area contributed by atoms with Gasteiger partial charge in [-0.15, -0.1) is 0 Å². The molecular weight excluding hydrogens is 248 g/mol. The Morgan fingerprint density at radius 1 is 1.30 bits per heavy atom. The van der Waals surface area contributed by atoms with Crippen LogP contribution in [0.5, 0.6) is 0 Å². The molecule has 0 spiro atoms. The van der Waals surface area contributed by atoms with E-state index in [4.69, 9.17) is 0 Å². The van der Waals surface area contributed by atoms with Crippen molar-refractivity contribution in [1.29, 1.82) is 0 Å². The van der Waals surface area contributed by atoms with E-state index < -0.39 is 0 Å². The molecule has 1 N–H and O–H groups in total. The highest BCUT2D eigenvalue weighted by Gasteiger charge is 2.48. The molecule has 20 heavy (non-hydrogen) atoms. The Morgan fingerprint density at radius 2 is 2.00 bits per heavy atom. The lowest BCUT2D eigenvalue weighted by Crippen LogP contribution is -2.44. The third-order valence-electron chi connectivity index (χ3n) is 5.64. The molecule has 3 aliphatic rings. The van der Waals surface area contributed by atoms with Gasteiger partial charge in [-0.25, -0.2) is 0 Å². The van der Waals surface area contributed by atoms with Crippen molar-refractivity contribution in [3.63, 3.8) is 0 Å². The molecule has 2 saturated carbocycles. The van der Waals surface area contributed by atoms with Gasteiger partial charge in [-0.2, -0.15) is 0 Å². The molecule has 0 aromatic rings. The molecule has 2 atom stereocenters. The average molecular weight is 278 g/mol. The van der Waals surface area contributed by atoms with Crippen LogP contribution >= 0.6 is 0 Å². The molecule has 3 nitrogen and oxygen atoms in total. The summed E-state index contributed by atoms with van der Waals surface area (Å²) in [7, 11) is 0. The molecule has 0 aromatic heterocycles. The zero-order valence-corrected chi connectivity index (χ0v) is 13.2. The molecule has 1 saturated heterocycles. The number of nitrogens with zero attached hydrogens (tertiary/aromatic N) is 1. The number of carbonyl (C=O) groups is 1. The minimum Gasteiger partial charge on any atom is -0.325 e. The Morgan fingerprint density at radius 3 is 2.60 bits per heavy atom. The van der Waals surface area contributed by atoms with Gasteiger partial charge in [0, 0.05) is 6.54 Å². The number of rotatable bonds is 6. The lowest BCUT2D eigenvalue weighted by Gasteiger charge is -2.31. The SMILES string of the molecule is CCCCC1NC(C2CCCC2)N(CC2(C)CC2)C1=O. The smallest absolute Gasteiger partial charge is 0.241 e. The van der Waals surface area contributed by atoms with Gasteiger partial charge in [0.1, 0.15) is 0 Å². The minimum atomic E-state index is 0.0999. The van der Waals surface area contributed by atoms with Crippen LogP contribution in [-0.4, -0.2) is 29.6 Å². The van der Waals surface area contributed by atoms with Gasteiger partial charge in [-0.1, -0.05) is 39.5 Å². The van der Waals surface area contributed by atoms with Crippen molar-refractivity contribution in [1.82, 2.24) is 10.2 Å². The summed E-state index contributed by atoms with van der Waals surface area (Å²) >= 11 is 0. The number of carbonyl (C=O) groups excluding carboxylic acids is 1. The van der Waals surface area contributed by atoms with Crippen LogP contribution < -0.4 is 5.32 Å². The summed E-state index contributed by atoms with van der Waals surface area (Å²) in [5.41, 5.74) is 0.424. The summed E-state index contributed by atoms with van der Waals surface area (Å²) < 4.78 is 0. The average Bonchev–Trinajstić information content (AvgIpc) is 2.87. The van der Waals surface area contributed by atoms with Crippen molar-refractivity contribution in [3.8, 4) is 0 Å². The molecule has 3 rings (SSSR count). The molecule has 114 valence electrons. The third kappa shape index (κ3) is 2.88. The predicted octanol–water partition coefficient (Wildman–Crippen LogP) is 3.29. The van der Waals surface area contributed by atoms with E-state index in [1.54, 1.807) is 0 Å². The molecule has 0 bridgehead atoms. The summed E-state index contributed by atoms with van der Waals surface area (Å²) in [6.45, 7) is 5.53. The van der Waals surface area contributed by atoms with Crippen molar-refractivity contribution in [2.45, 2.75) is 83.8 Å². The summed E-state index contributed by atoms with van der Waals surface area (Å²) in [5.74, 6) is 1.09. The Hall–Kier alpha value is -0.570. The van der Waals surface area contributed by atoms with Gasteiger partial charge in [-0.3, -0.25) is 10.1 Å². The second-order valence-electron chi connectivity index (χ2n) is 7.63. The van der Waals surface area contributed by atoms with Gasteiger partial charge in [0.15, 0.2) is 0 Å².